The Morgan fingerprint density at radius 2 is 1.79 bits per heavy atom. The molecule has 57 heavy (non-hydrogen) atoms. The van der Waals surface area contributed by atoms with Crippen LogP contribution >= 0.6 is 0 Å². The Morgan fingerprint density at radius 1 is 1.11 bits per heavy atom. The summed E-state index contributed by atoms with van der Waals surface area (Å²) in [7, 11) is -2.54. The largest absolute Gasteiger partial charge is 0.471 e. The zero-order valence-electron chi connectivity index (χ0n) is 33.8. The van der Waals surface area contributed by atoms with Crippen molar-refractivity contribution in [1.82, 2.24) is 29.6 Å². The number of allylic oxidation sites excluding steroid dienone is 1. The van der Waals surface area contributed by atoms with Crippen LogP contribution in [0.3, 0.4) is 0 Å². The molecule has 1 saturated heterocycles. The first-order valence-electron chi connectivity index (χ1n) is 19.8. The molecule has 4 amide bonds. The molecule has 312 valence electrons. The first-order chi connectivity index (χ1) is 26.7. The van der Waals surface area contributed by atoms with E-state index in [0.717, 1.165) is 4.90 Å². The van der Waals surface area contributed by atoms with Crippen molar-refractivity contribution < 1.29 is 42.2 Å². The number of hydrogen-bond donors (Lipinski definition) is 3. The van der Waals surface area contributed by atoms with Crippen LogP contribution in [-0.4, -0.2) is 111 Å². The Bertz CT molecular complexity index is 2110. The van der Waals surface area contributed by atoms with E-state index in [1.165, 1.54) is 16.7 Å². The minimum atomic E-state index is -4.04. The minimum Gasteiger partial charge on any atom is -0.471 e. The number of nitrogens with zero attached hydrogens (tertiary/aromatic N) is 4. The standard InChI is InChI=1S/C40H56N6O10S/c1-24-12-8-9-13-26-22-40(26,36(50)43-57(53,54)39(6)16-17-39)41-32(47)30-21-27(23-44(30)35(49)31(25(2)20-24)46(37(51)52)38(3,4)5)56-33-28-14-10-11-15-29(28)34(48)45(42-33)18-19-55-7/h9-11,13-15,24-27,30-31H,8,12,16-23H2,1-7H3,(H,41,47)(H,43,50)(H,51,52)/t24-,25-,26-,27-,30+,31+,40-/m1/s1. The van der Waals surface area contributed by atoms with Crippen molar-refractivity contribution in [3.8, 4) is 5.88 Å². The molecule has 3 fully saturated rings. The van der Waals surface area contributed by atoms with E-state index in [9.17, 15) is 32.7 Å². The van der Waals surface area contributed by atoms with Gasteiger partial charge in [0.05, 0.1) is 35.2 Å². The molecule has 0 bridgehead atoms. The number of hydrogen-bond acceptors (Lipinski definition) is 10. The number of carboxylic acid groups (broad SMARTS) is 1. The molecule has 2 saturated carbocycles. The van der Waals surface area contributed by atoms with Gasteiger partial charge in [-0.05, 0) is 90.2 Å². The van der Waals surface area contributed by atoms with Crippen LogP contribution in [0.1, 0.15) is 86.5 Å². The van der Waals surface area contributed by atoms with E-state index in [2.05, 4.69) is 15.1 Å². The van der Waals surface area contributed by atoms with Crippen molar-refractivity contribution in [2.45, 2.75) is 127 Å². The lowest BCUT2D eigenvalue weighted by atomic mass is 9.85. The smallest absolute Gasteiger partial charge is 0.408 e. The van der Waals surface area contributed by atoms with E-state index in [1.807, 2.05) is 26.0 Å². The molecule has 2 aliphatic heterocycles. The summed E-state index contributed by atoms with van der Waals surface area (Å²) in [6, 6.07) is 4.37. The Morgan fingerprint density at radius 3 is 2.42 bits per heavy atom. The number of amides is 4. The number of carbonyl (C=O) groups is 4. The highest BCUT2D eigenvalue weighted by Crippen LogP contribution is 2.48. The molecule has 4 aliphatic rings. The first kappa shape index (κ1) is 42.1. The van der Waals surface area contributed by atoms with Gasteiger partial charge in [0.2, 0.25) is 27.7 Å². The highest BCUT2D eigenvalue weighted by atomic mass is 32.2. The fraction of sp³-hybridized carbons (Fsp3) is 0.650. The third kappa shape index (κ3) is 8.41. The van der Waals surface area contributed by atoms with E-state index in [0.29, 0.717) is 42.9 Å². The van der Waals surface area contributed by atoms with E-state index in [-0.39, 0.29) is 49.9 Å². The fourth-order valence-corrected chi connectivity index (χ4v) is 9.66. The summed E-state index contributed by atoms with van der Waals surface area (Å²) in [4.78, 5) is 72.5. The average molecular weight is 813 g/mol. The van der Waals surface area contributed by atoms with Crippen LogP contribution in [0.15, 0.2) is 41.2 Å². The molecular weight excluding hydrogens is 757 g/mol. The first-order valence-corrected chi connectivity index (χ1v) is 21.2. The van der Waals surface area contributed by atoms with Gasteiger partial charge in [0.25, 0.3) is 11.5 Å². The molecule has 3 N–H and O–H groups in total. The van der Waals surface area contributed by atoms with Gasteiger partial charge in [-0.2, -0.15) is 0 Å². The maximum Gasteiger partial charge on any atom is 0.408 e. The Balaban J connectivity index is 1.41. The highest BCUT2D eigenvalue weighted by Gasteiger charge is 2.63. The summed E-state index contributed by atoms with van der Waals surface area (Å²) in [5.41, 5.74) is -2.94. The van der Waals surface area contributed by atoms with Crippen molar-refractivity contribution in [2.24, 2.45) is 17.8 Å². The van der Waals surface area contributed by atoms with Crippen molar-refractivity contribution in [1.29, 1.82) is 0 Å². The second-order valence-corrected chi connectivity index (χ2v) is 19.8. The lowest BCUT2D eigenvalue weighted by Gasteiger charge is -2.43. The van der Waals surface area contributed by atoms with Crippen LogP contribution in [0.4, 0.5) is 4.79 Å². The predicted molar refractivity (Wildman–Crippen MR) is 211 cm³/mol. The molecular formula is C40H56N6O10S. The Hall–Kier alpha value is -4.51. The van der Waals surface area contributed by atoms with Crippen LogP contribution in [-0.2, 0) is 35.7 Å². The zero-order valence-corrected chi connectivity index (χ0v) is 34.6. The number of sulfonamides is 1. The molecule has 16 nitrogen and oxygen atoms in total. The number of rotatable bonds is 9. The molecule has 3 heterocycles. The molecule has 17 heteroatoms. The zero-order chi connectivity index (χ0) is 41.7. The number of carbonyl (C=O) groups excluding carboxylic acids is 3. The predicted octanol–water partition coefficient (Wildman–Crippen LogP) is 3.42. The quantitative estimate of drug-likeness (QED) is 0.313. The maximum atomic E-state index is 15.1. The maximum absolute atomic E-state index is 15.1. The molecule has 0 unspecified atom stereocenters. The fourth-order valence-electron chi connectivity index (χ4n) is 8.34. The number of fused-ring (bicyclic) bond motifs is 3. The average Bonchev–Trinajstić information content (AvgIpc) is 4.01. The monoisotopic (exact) mass is 812 g/mol. The van der Waals surface area contributed by atoms with E-state index in [1.54, 1.807) is 52.0 Å². The van der Waals surface area contributed by atoms with Crippen LogP contribution < -0.4 is 20.3 Å². The number of aromatic nitrogens is 2. The summed E-state index contributed by atoms with van der Waals surface area (Å²) >= 11 is 0. The number of methoxy groups -OCH3 is 1. The lowest BCUT2D eigenvalue weighted by molar-refractivity contribution is -0.146. The van der Waals surface area contributed by atoms with Gasteiger partial charge < -0.3 is 24.8 Å². The Kier molecular flexibility index (Phi) is 11.6. The van der Waals surface area contributed by atoms with Gasteiger partial charge in [-0.25, -0.2) is 17.9 Å². The number of nitrogens with one attached hydrogen (secondary N) is 2. The second kappa shape index (κ2) is 15.7. The van der Waals surface area contributed by atoms with Gasteiger partial charge in [-0.1, -0.05) is 38.1 Å². The molecule has 7 atom stereocenters. The van der Waals surface area contributed by atoms with Crippen LogP contribution in [0, 0.1) is 17.8 Å². The number of ether oxygens (including phenoxy) is 2. The van der Waals surface area contributed by atoms with Crippen molar-refractivity contribution in [2.75, 3.05) is 20.3 Å². The van der Waals surface area contributed by atoms with Gasteiger partial charge >= 0.3 is 6.09 Å². The van der Waals surface area contributed by atoms with Crippen LogP contribution in [0.5, 0.6) is 5.88 Å². The molecule has 6 rings (SSSR count). The normalized spacial score (nSPS) is 29.0. The van der Waals surface area contributed by atoms with Crippen LogP contribution in [0.2, 0.25) is 0 Å². The van der Waals surface area contributed by atoms with Gasteiger partial charge in [0.1, 0.15) is 23.7 Å². The van der Waals surface area contributed by atoms with Crippen molar-refractivity contribution in [3.05, 3.63) is 46.8 Å². The molecule has 2 aliphatic carbocycles. The third-order valence-electron chi connectivity index (χ3n) is 12.0. The molecule has 1 aromatic carbocycles. The summed E-state index contributed by atoms with van der Waals surface area (Å²) < 4.78 is 40.6. The summed E-state index contributed by atoms with van der Waals surface area (Å²) in [5, 5.41) is 18.8. The minimum absolute atomic E-state index is 0.0700. The SMILES string of the molecule is COCCn1nc(O[C@@H]2C[C@H]3C(=O)N[C@]4(C(=O)NS(=O)(=O)C5(C)CC5)C[C@H]4C=CCC[C@@H](C)C[C@@H](C)[C@H](N(C(=O)O)C(C)(C)C)C(=O)N3C2)c2ccccc2c1=O. The summed E-state index contributed by atoms with van der Waals surface area (Å²) in [6.07, 6.45) is 4.38. The van der Waals surface area contributed by atoms with E-state index < -0.39 is 79.7 Å². The van der Waals surface area contributed by atoms with Gasteiger partial charge in [0.15, 0.2) is 0 Å². The molecule has 1 aromatic heterocycles. The van der Waals surface area contributed by atoms with Gasteiger partial charge in [-0.3, -0.25) is 28.8 Å². The van der Waals surface area contributed by atoms with E-state index >= 15 is 4.79 Å². The van der Waals surface area contributed by atoms with Gasteiger partial charge in [0, 0.05) is 25.0 Å². The highest BCUT2D eigenvalue weighted by molar-refractivity contribution is 7.91. The van der Waals surface area contributed by atoms with Crippen molar-refractivity contribution >= 4 is 44.6 Å². The van der Waals surface area contributed by atoms with Crippen LogP contribution in [0.25, 0.3) is 10.8 Å². The number of benzene rings is 1. The molecule has 2 aromatic rings. The molecule has 0 radical (unpaired) electrons. The van der Waals surface area contributed by atoms with Crippen molar-refractivity contribution in [3.63, 3.8) is 0 Å². The third-order valence-corrected chi connectivity index (χ3v) is 14.2. The topological polar surface area (TPSA) is 207 Å². The summed E-state index contributed by atoms with van der Waals surface area (Å²) in [6.45, 7) is 10.8. The molecule has 0 spiro atoms. The van der Waals surface area contributed by atoms with Gasteiger partial charge in [-0.15, -0.1) is 5.10 Å². The summed E-state index contributed by atoms with van der Waals surface area (Å²) in [5.74, 6) is -2.92. The van der Waals surface area contributed by atoms with E-state index in [4.69, 9.17) is 9.47 Å². The Labute approximate surface area is 333 Å². The second-order valence-electron chi connectivity index (χ2n) is 17.6. The lowest BCUT2D eigenvalue weighted by Crippen LogP contribution is -2.62.